The van der Waals surface area contributed by atoms with Gasteiger partial charge in [0.25, 0.3) is 0 Å². The number of methoxy groups -OCH3 is 2. The minimum absolute atomic E-state index is 0.0285. The number of nitrogens with one attached hydrogen (secondary N) is 1. The summed E-state index contributed by atoms with van der Waals surface area (Å²) in [6.07, 6.45) is 1.81. The van der Waals surface area contributed by atoms with E-state index in [0.29, 0.717) is 31.2 Å². The molecule has 0 aliphatic carbocycles. The highest BCUT2D eigenvalue weighted by atomic mass is 16.5. The van der Waals surface area contributed by atoms with Gasteiger partial charge in [-0.3, -0.25) is 4.79 Å². The van der Waals surface area contributed by atoms with Crippen molar-refractivity contribution in [1.82, 2.24) is 14.9 Å². The lowest BCUT2D eigenvalue weighted by molar-refractivity contribution is -0.120. The summed E-state index contributed by atoms with van der Waals surface area (Å²) in [6, 6.07) is 28.1. The lowest BCUT2D eigenvalue weighted by atomic mass is 10.1. The van der Waals surface area contributed by atoms with Crippen molar-refractivity contribution < 1.29 is 19.0 Å². The summed E-state index contributed by atoms with van der Waals surface area (Å²) in [7, 11) is 3.18. The first-order valence-corrected chi connectivity index (χ1v) is 13.2. The molecule has 0 spiro atoms. The Kier molecular flexibility index (Phi) is 8.26. The maximum absolute atomic E-state index is 12.5. The highest BCUT2D eigenvalue weighted by molar-refractivity contribution is 5.88. The number of aryl methyl sites for hydroxylation is 1. The smallest absolute Gasteiger partial charge is 0.224 e. The second-order valence-corrected chi connectivity index (χ2v) is 9.31. The number of aromatic nitrogens is 2. The largest absolute Gasteiger partial charge is 0.493 e. The topological polar surface area (TPSA) is 74.6 Å². The van der Waals surface area contributed by atoms with E-state index in [1.165, 1.54) is 0 Å². The Hall–Kier alpha value is -4.52. The fourth-order valence-corrected chi connectivity index (χ4v) is 4.85. The zero-order valence-corrected chi connectivity index (χ0v) is 22.4. The van der Waals surface area contributed by atoms with Gasteiger partial charge in [0.15, 0.2) is 11.5 Å². The first-order valence-electron chi connectivity index (χ1n) is 13.2. The van der Waals surface area contributed by atoms with Crippen molar-refractivity contribution in [3.05, 3.63) is 96.3 Å². The average Bonchev–Trinajstić information content (AvgIpc) is 3.32. The summed E-state index contributed by atoms with van der Waals surface area (Å²) in [5.74, 6) is 3.11. The maximum atomic E-state index is 12.5. The number of imidazole rings is 1. The summed E-state index contributed by atoms with van der Waals surface area (Å²) >= 11 is 0. The molecule has 0 radical (unpaired) electrons. The molecule has 0 bridgehead atoms. The molecule has 0 unspecified atom stereocenters. The molecule has 1 N–H and O–H groups in total. The van der Waals surface area contributed by atoms with E-state index in [9.17, 15) is 4.79 Å². The number of hydrogen-bond acceptors (Lipinski definition) is 5. The van der Waals surface area contributed by atoms with E-state index in [1.54, 1.807) is 14.2 Å². The molecule has 0 aliphatic rings. The molecule has 0 saturated heterocycles. The molecule has 7 nitrogen and oxygen atoms in total. The van der Waals surface area contributed by atoms with E-state index < -0.39 is 0 Å². The lowest BCUT2D eigenvalue weighted by Crippen LogP contribution is -2.26. The number of fused-ring (bicyclic) bond motifs is 2. The molecule has 4 aromatic carbocycles. The number of para-hydroxylation sites is 2. The average molecular weight is 524 g/mol. The van der Waals surface area contributed by atoms with Gasteiger partial charge in [0.1, 0.15) is 18.2 Å². The fraction of sp³-hybridized carbons (Fsp3) is 0.250. The van der Waals surface area contributed by atoms with Gasteiger partial charge in [-0.05, 0) is 47.7 Å². The first kappa shape index (κ1) is 26.1. The number of amides is 1. The van der Waals surface area contributed by atoms with Crippen molar-refractivity contribution in [2.24, 2.45) is 0 Å². The van der Waals surface area contributed by atoms with Crippen LogP contribution in [0.4, 0.5) is 0 Å². The zero-order valence-electron chi connectivity index (χ0n) is 22.4. The van der Waals surface area contributed by atoms with E-state index in [0.717, 1.165) is 51.8 Å². The quantitative estimate of drug-likeness (QED) is 0.216. The Morgan fingerprint density at radius 2 is 1.67 bits per heavy atom. The van der Waals surface area contributed by atoms with Crippen LogP contribution in [0.3, 0.4) is 0 Å². The Bertz CT molecular complexity index is 1570. The van der Waals surface area contributed by atoms with Crippen molar-refractivity contribution in [2.45, 2.75) is 25.8 Å². The van der Waals surface area contributed by atoms with Gasteiger partial charge in [0.2, 0.25) is 5.91 Å². The molecule has 39 heavy (non-hydrogen) atoms. The van der Waals surface area contributed by atoms with Crippen molar-refractivity contribution in [3.8, 4) is 17.2 Å². The third-order valence-electron chi connectivity index (χ3n) is 6.77. The molecular formula is C32H33N3O4. The molecular weight excluding hydrogens is 490 g/mol. The van der Waals surface area contributed by atoms with Crippen molar-refractivity contribution in [2.75, 3.05) is 27.4 Å². The number of nitrogens with zero attached hydrogens (tertiary/aromatic N) is 2. The van der Waals surface area contributed by atoms with Crippen molar-refractivity contribution in [3.63, 3.8) is 0 Å². The van der Waals surface area contributed by atoms with Gasteiger partial charge in [-0.2, -0.15) is 0 Å². The van der Waals surface area contributed by atoms with Crippen LogP contribution in [0.5, 0.6) is 17.2 Å². The predicted octanol–water partition coefficient (Wildman–Crippen LogP) is 5.58. The standard InChI is InChI=1S/C32H33N3O4/c1-37-29-17-16-23(21-30(29)38-2)22-32(36)33-18-8-15-31-34-26-12-5-6-13-27(26)35(31)19-20-39-28-14-7-10-24-9-3-4-11-25(24)28/h3-7,9-14,16-17,21H,8,15,18-20,22H2,1-2H3,(H,33,36). The summed E-state index contributed by atoms with van der Waals surface area (Å²) in [5, 5.41) is 5.30. The van der Waals surface area contributed by atoms with Crippen molar-refractivity contribution in [1.29, 1.82) is 0 Å². The molecule has 1 amide bonds. The van der Waals surface area contributed by atoms with Crippen LogP contribution in [0.25, 0.3) is 21.8 Å². The van der Waals surface area contributed by atoms with Crippen LogP contribution in [-0.4, -0.2) is 42.8 Å². The van der Waals surface area contributed by atoms with Gasteiger partial charge in [-0.1, -0.05) is 54.6 Å². The Morgan fingerprint density at radius 1 is 0.872 bits per heavy atom. The molecule has 0 aliphatic heterocycles. The van der Waals surface area contributed by atoms with Crippen LogP contribution in [0.1, 0.15) is 17.8 Å². The highest BCUT2D eigenvalue weighted by Crippen LogP contribution is 2.28. The van der Waals surface area contributed by atoms with Gasteiger partial charge in [0.05, 0.1) is 38.2 Å². The molecule has 0 saturated carbocycles. The Balaban J connectivity index is 1.18. The third kappa shape index (κ3) is 6.14. The number of rotatable bonds is 12. The van der Waals surface area contributed by atoms with Gasteiger partial charge in [-0.25, -0.2) is 4.98 Å². The molecule has 5 rings (SSSR count). The van der Waals surface area contributed by atoms with Crippen LogP contribution in [-0.2, 0) is 24.2 Å². The van der Waals surface area contributed by atoms with Crippen LogP contribution < -0.4 is 19.5 Å². The number of carbonyl (C=O) groups is 1. The molecule has 1 heterocycles. The number of benzene rings is 4. The van der Waals surface area contributed by atoms with Gasteiger partial charge >= 0.3 is 0 Å². The first-order chi connectivity index (χ1) is 19.2. The minimum Gasteiger partial charge on any atom is -0.493 e. The number of hydrogen-bond donors (Lipinski definition) is 1. The SMILES string of the molecule is COc1ccc(CC(=O)NCCCc2nc3ccccc3n2CCOc2cccc3ccccc23)cc1OC. The fourth-order valence-electron chi connectivity index (χ4n) is 4.85. The Morgan fingerprint density at radius 3 is 2.54 bits per heavy atom. The van der Waals surface area contributed by atoms with E-state index in [2.05, 4.69) is 34.1 Å². The minimum atomic E-state index is -0.0285. The maximum Gasteiger partial charge on any atom is 0.224 e. The summed E-state index contributed by atoms with van der Waals surface area (Å²) in [4.78, 5) is 17.4. The highest BCUT2D eigenvalue weighted by Gasteiger charge is 2.12. The molecule has 0 atom stereocenters. The molecule has 200 valence electrons. The van der Waals surface area contributed by atoms with Gasteiger partial charge < -0.3 is 24.1 Å². The predicted molar refractivity (Wildman–Crippen MR) is 154 cm³/mol. The second-order valence-electron chi connectivity index (χ2n) is 9.31. The summed E-state index contributed by atoms with van der Waals surface area (Å²) < 4.78 is 19.1. The number of ether oxygens (including phenoxy) is 3. The van der Waals surface area contributed by atoms with Crippen LogP contribution in [0.15, 0.2) is 84.9 Å². The molecule has 0 fully saturated rings. The van der Waals surface area contributed by atoms with Crippen LogP contribution in [0.2, 0.25) is 0 Å². The van der Waals surface area contributed by atoms with Crippen molar-refractivity contribution >= 4 is 27.7 Å². The summed E-state index contributed by atoms with van der Waals surface area (Å²) in [6.45, 7) is 1.79. The van der Waals surface area contributed by atoms with Crippen LogP contribution in [0, 0.1) is 0 Å². The van der Waals surface area contributed by atoms with Gasteiger partial charge in [0, 0.05) is 18.4 Å². The number of carbonyl (C=O) groups excluding carboxylic acids is 1. The second kappa shape index (κ2) is 12.3. The van der Waals surface area contributed by atoms with Gasteiger partial charge in [-0.15, -0.1) is 0 Å². The molecule has 5 aromatic rings. The molecule has 7 heteroatoms. The third-order valence-corrected chi connectivity index (χ3v) is 6.77. The normalized spacial score (nSPS) is 11.0. The van der Waals surface area contributed by atoms with Crippen LogP contribution >= 0.6 is 0 Å². The van der Waals surface area contributed by atoms with E-state index >= 15 is 0 Å². The van der Waals surface area contributed by atoms with E-state index in [1.807, 2.05) is 60.7 Å². The van der Waals surface area contributed by atoms with E-state index in [-0.39, 0.29) is 12.3 Å². The Labute approximate surface area is 228 Å². The van der Waals surface area contributed by atoms with E-state index in [4.69, 9.17) is 19.2 Å². The summed E-state index contributed by atoms with van der Waals surface area (Å²) in [5.41, 5.74) is 2.93. The monoisotopic (exact) mass is 523 g/mol. The zero-order chi connectivity index (χ0) is 27.0. The lowest BCUT2D eigenvalue weighted by Gasteiger charge is -2.13. The molecule has 1 aromatic heterocycles.